The second-order valence-corrected chi connectivity index (χ2v) is 7.88. The molecular formula is C17H31N3. The number of hydrogen-bond donors (Lipinski definition) is 0. The van der Waals surface area contributed by atoms with Crippen LogP contribution in [-0.2, 0) is 12.0 Å². The van der Waals surface area contributed by atoms with Crippen LogP contribution in [0.2, 0.25) is 0 Å². The number of aromatic nitrogens is 2. The Morgan fingerprint density at radius 1 is 1.25 bits per heavy atom. The van der Waals surface area contributed by atoms with E-state index in [2.05, 4.69) is 61.7 Å². The summed E-state index contributed by atoms with van der Waals surface area (Å²) < 4.78 is 2.23. The van der Waals surface area contributed by atoms with Crippen molar-refractivity contribution >= 4 is 0 Å². The summed E-state index contributed by atoms with van der Waals surface area (Å²) in [7, 11) is 0. The second-order valence-electron chi connectivity index (χ2n) is 7.88. The third kappa shape index (κ3) is 3.85. The largest absolute Gasteiger partial charge is 0.303 e. The highest BCUT2D eigenvalue weighted by Crippen LogP contribution is 2.30. The van der Waals surface area contributed by atoms with Crippen LogP contribution in [0.15, 0.2) is 12.4 Å². The molecule has 0 N–H and O–H groups in total. The molecule has 0 spiro atoms. The number of nitrogens with zero attached hydrogens (tertiary/aromatic N) is 3. The van der Waals surface area contributed by atoms with E-state index in [1.807, 2.05) is 0 Å². The van der Waals surface area contributed by atoms with Crippen LogP contribution >= 0.6 is 0 Å². The fraction of sp³-hybridized carbons (Fsp3) is 0.824. The molecule has 114 valence electrons. The van der Waals surface area contributed by atoms with Gasteiger partial charge in [0.05, 0.1) is 11.7 Å². The Bertz CT molecular complexity index is 420. The van der Waals surface area contributed by atoms with Crippen LogP contribution in [0.1, 0.15) is 59.4 Å². The maximum Gasteiger partial charge on any atom is 0.0624 e. The first kappa shape index (κ1) is 15.6. The topological polar surface area (TPSA) is 21.1 Å². The van der Waals surface area contributed by atoms with Crippen molar-refractivity contribution in [2.24, 2.45) is 5.41 Å². The molecular weight excluding hydrogens is 246 g/mol. The van der Waals surface area contributed by atoms with Crippen molar-refractivity contribution in [1.29, 1.82) is 0 Å². The Hall–Kier alpha value is -0.830. The number of likely N-dealkylation sites (tertiary alicyclic amines) is 1. The van der Waals surface area contributed by atoms with E-state index in [-0.39, 0.29) is 5.54 Å². The van der Waals surface area contributed by atoms with Gasteiger partial charge >= 0.3 is 0 Å². The predicted octanol–water partition coefficient (Wildman–Crippen LogP) is 3.69. The maximum atomic E-state index is 4.63. The van der Waals surface area contributed by atoms with Gasteiger partial charge in [0.15, 0.2) is 0 Å². The number of piperidine rings is 1. The summed E-state index contributed by atoms with van der Waals surface area (Å²) in [6.07, 6.45) is 9.07. The Kier molecular flexibility index (Phi) is 4.58. The minimum Gasteiger partial charge on any atom is -0.303 e. The molecule has 0 radical (unpaired) electrons. The molecule has 20 heavy (non-hydrogen) atoms. The Labute approximate surface area is 124 Å². The molecule has 1 fully saturated rings. The van der Waals surface area contributed by atoms with Gasteiger partial charge in [0.25, 0.3) is 0 Å². The monoisotopic (exact) mass is 277 g/mol. The zero-order valence-corrected chi connectivity index (χ0v) is 13.9. The standard InChI is InChI=1S/C17H31N3/c1-6-7-15-12-18-20(13-15)17(5)8-10-19(11-9-17)14-16(2,3)4/h12-13H,6-11,14H2,1-5H3. The van der Waals surface area contributed by atoms with Crippen molar-refractivity contribution in [3.63, 3.8) is 0 Å². The van der Waals surface area contributed by atoms with Gasteiger partial charge in [-0.25, -0.2) is 0 Å². The minimum atomic E-state index is 0.209. The van der Waals surface area contributed by atoms with Crippen molar-refractivity contribution in [2.75, 3.05) is 19.6 Å². The molecule has 2 heterocycles. The summed E-state index contributed by atoms with van der Waals surface area (Å²) in [6.45, 7) is 15.1. The van der Waals surface area contributed by atoms with Gasteiger partial charge in [-0.3, -0.25) is 4.68 Å². The molecule has 1 aromatic heterocycles. The summed E-state index contributed by atoms with van der Waals surface area (Å²) in [4.78, 5) is 2.61. The van der Waals surface area contributed by atoms with Crippen LogP contribution in [0.4, 0.5) is 0 Å². The summed E-state index contributed by atoms with van der Waals surface area (Å²) in [6, 6.07) is 0. The first-order valence-corrected chi connectivity index (χ1v) is 8.09. The molecule has 0 aliphatic carbocycles. The summed E-state index contributed by atoms with van der Waals surface area (Å²) >= 11 is 0. The molecule has 0 atom stereocenters. The van der Waals surface area contributed by atoms with Crippen molar-refractivity contribution in [2.45, 2.75) is 65.8 Å². The molecule has 1 aromatic rings. The highest BCUT2D eigenvalue weighted by atomic mass is 15.3. The highest BCUT2D eigenvalue weighted by molar-refractivity contribution is 5.06. The van der Waals surface area contributed by atoms with E-state index >= 15 is 0 Å². The molecule has 0 bridgehead atoms. The molecule has 1 aliphatic heterocycles. The van der Waals surface area contributed by atoms with Gasteiger partial charge in [-0.05, 0) is 37.2 Å². The molecule has 1 aliphatic rings. The Morgan fingerprint density at radius 3 is 2.45 bits per heavy atom. The van der Waals surface area contributed by atoms with Crippen LogP contribution < -0.4 is 0 Å². The van der Waals surface area contributed by atoms with Crippen molar-refractivity contribution in [1.82, 2.24) is 14.7 Å². The number of rotatable bonds is 4. The first-order chi connectivity index (χ1) is 9.32. The molecule has 3 nitrogen and oxygen atoms in total. The molecule has 0 saturated carbocycles. The first-order valence-electron chi connectivity index (χ1n) is 8.09. The molecule has 0 unspecified atom stereocenters. The summed E-state index contributed by atoms with van der Waals surface area (Å²) in [5.74, 6) is 0. The normalized spacial score (nSPS) is 20.2. The average Bonchev–Trinajstić information content (AvgIpc) is 2.81. The van der Waals surface area contributed by atoms with E-state index in [1.54, 1.807) is 0 Å². The van der Waals surface area contributed by atoms with E-state index in [0.29, 0.717) is 5.41 Å². The van der Waals surface area contributed by atoms with E-state index in [9.17, 15) is 0 Å². The van der Waals surface area contributed by atoms with Gasteiger partial charge in [0.1, 0.15) is 0 Å². The van der Waals surface area contributed by atoms with E-state index < -0.39 is 0 Å². The molecule has 0 amide bonds. The lowest BCUT2D eigenvalue weighted by atomic mass is 9.88. The Balaban J connectivity index is 1.96. The van der Waals surface area contributed by atoms with Crippen LogP contribution in [0.25, 0.3) is 0 Å². The quantitative estimate of drug-likeness (QED) is 0.837. The summed E-state index contributed by atoms with van der Waals surface area (Å²) in [5.41, 5.74) is 1.99. The fourth-order valence-electron chi connectivity index (χ4n) is 3.17. The summed E-state index contributed by atoms with van der Waals surface area (Å²) in [5, 5.41) is 4.63. The van der Waals surface area contributed by atoms with Crippen molar-refractivity contribution in [3.8, 4) is 0 Å². The van der Waals surface area contributed by atoms with Gasteiger partial charge in [-0.1, -0.05) is 34.1 Å². The highest BCUT2D eigenvalue weighted by Gasteiger charge is 2.33. The molecule has 0 aromatic carbocycles. The number of hydrogen-bond acceptors (Lipinski definition) is 2. The second kappa shape index (κ2) is 5.88. The third-order valence-electron chi connectivity index (χ3n) is 4.36. The van der Waals surface area contributed by atoms with Crippen LogP contribution in [-0.4, -0.2) is 34.3 Å². The lowest BCUT2D eigenvalue weighted by Crippen LogP contribution is -2.46. The number of aryl methyl sites for hydroxylation is 1. The maximum absolute atomic E-state index is 4.63. The van der Waals surface area contributed by atoms with Gasteiger partial charge in [0.2, 0.25) is 0 Å². The van der Waals surface area contributed by atoms with E-state index in [0.717, 1.165) is 6.42 Å². The molecule has 3 heteroatoms. The van der Waals surface area contributed by atoms with Gasteiger partial charge < -0.3 is 4.90 Å². The SMILES string of the molecule is CCCc1cnn(C2(C)CCN(CC(C)(C)C)CC2)c1. The van der Waals surface area contributed by atoms with Gasteiger partial charge in [-0.15, -0.1) is 0 Å². The zero-order valence-electron chi connectivity index (χ0n) is 13.9. The Morgan fingerprint density at radius 2 is 1.90 bits per heavy atom. The van der Waals surface area contributed by atoms with Crippen molar-refractivity contribution < 1.29 is 0 Å². The van der Waals surface area contributed by atoms with E-state index in [4.69, 9.17) is 0 Å². The van der Waals surface area contributed by atoms with Crippen LogP contribution in [0.5, 0.6) is 0 Å². The van der Waals surface area contributed by atoms with E-state index in [1.165, 1.54) is 44.5 Å². The van der Waals surface area contributed by atoms with Crippen molar-refractivity contribution in [3.05, 3.63) is 18.0 Å². The average molecular weight is 277 g/mol. The van der Waals surface area contributed by atoms with Gasteiger partial charge in [0, 0.05) is 25.8 Å². The van der Waals surface area contributed by atoms with Crippen LogP contribution in [0, 0.1) is 5.41 Å². The van der Waals surface area contributed by atoms with Gasteiger partial charge in [-0.2, -0.15) is 5.10 Å². The van der Waals surface area contributed by atoms with Crippen LogP contribution in [0.3, 0.4) is 0 Å². The smallest absolute Gasteiger partial charge is 0.0624 e. The molecule has 1 saturated heterocycles. The third-order valence-corrected chi connectivity index (χ3v) is 4.36. The minimum absolute atomic E-state index is 0.209. The molecule has 2 rings (SSSR count). The lowest BCUT2D eigenvalue weighted by Gasteiger charge is -2.41. The predicted molar refractivity (Wildman–Crippen MR) is 85.0 cm³/mol. The fourth-order valence-corrected chi connectivity index (χ4v) is 3.17. The lowest BCUT2D eigenvalue weighted by molar-refractivity contribution is 0.0877. The zero-order chi connectivity index (χ0) is 14.8.